The van der Waals surface area contributed by atoms with Crippen molar-refractivity contribution in [2.75, 3.05) is 13.2 Å². The monoisotopic (exact) mass is 787 g/mol. The number of aliphatic hydroxyl groups excluding tert-OH is 2. The number of rotatable bonds is 25. The molecule has 0 unspecified atom stereocenters. The van der Waals surface area contributed by atoms with Crippen molar-refractivity contribution >= 4 is 53.2 Å². The lowest BCUT2D eigenvalue weighted by Gasteiger charge is -2.28. The minimum absolute atomic E-state index is 0.0432. The molecule has 0 saturated carbocycles. The molecule has 314 valence electrons. The Morgan fingerprint density at radius 1 is 0.618 bits per heavy atom. The molecule has 8 amide bonds. The number of nitrogens with two attached hydrogens (primary N) is 2. The van der Waals surface area contributed by atoms with Crippen LogP contribution in [0.15, 0.2) is 0 Å². The lowest BCUT2D eigenvalue weighted by atomic mass is 9.98. The second-order valence-electron chi connectivity index (χ2n) is 14.3. The van der Waals surface area contributed by atoms with Gasteiger partial charge in [0.05, 0.1) is 31.7 Å². The first-order valence-corrected chi connectivity index (χ1v) is 18.1. The summed E-state index contributed by atoms with van der Waals surface area (Å²) in [4.78, 5) is 114. The number of carbonyl (C=O) groups is 9. The van der Waals surface area contributed by atoms with Gasteiger partial charge in [-0.05, 0) is 44.4 Å². The quantitative estimate of drug-likeness (QED) is 0.0419. The maximum Gasteiger partial charge on any atom is 0.326 e. The first kappa shape index (κ1) is 50.1. The van der Waals surface area contributed by atoms with Crippen LogP contribution in [0.1, 0.15) is 81.1 Å². The van der Waals surface area contributed by atoms with E-state index in [1.807, 2.05) is 13.8 Å². The van der Waals surface area contributed by atoms with Gasteiger partial charge >= 0.3 is 5.97 Å². The van der Waals surface area contributed by atoms with Crippen molar-refractivity contribution in [1.82, 2.24) is 37.2 Å². The van der Waals surface area contributed by atoms with Crippen LogP contribution in [0, 0.1) is 17.8 Å². The molecular weight excluding hydrogens is 726 g/mol. The Morgan fingerprint density at radius 2 is 1.11 bits per heavy atom. The number of carbonyl (C=O) groups excluding carboxylic acids is 8. The predicted molar refractivity (Wildman–Crippen MR) is 197 cm³/mol. The Balaban J connectivity index is 5.80. The summed E-state index contributed by atoms with van der Waals surface area (Å²) in [6.07, 6.45) is -1.53. The third-order valence-corrected chi connectivity index (χ3v) is 8.29. The van der Waals surface area contributed by atoms with E-state index in [1.165, 1.54) is 6.92 Å². The van der Waals surface area contributed by atoms with Gasteiger partial charge in [-0.3, -0.25) is 38.4 Å². The highest BCUT2D eigenvalue weighted by molar-refractivity contribution is 5.98. The Hall–Kier alpha value is -4.89. The van der Waals surface area contributed by atoms with Crippen molar-refractivity contribution in [3.8, 4) is 0 Å². The molecule has 0 saturated heterocycles. The number of carboxylic acids is 1. The molecule has 0 radical (unpaired) electrons. The van der Waals surface area contributed by atoms with Crippen molar-refractivity contribution in [2.45, 2.75) is 129 Å². The minimum atomic E-state index is -1.72. The van der Waals surface area contributed by atoms with Gasteiger partial charge in [0, 0.05) is 0 Å². The van der Waals surface area contributed by atoms with Gasteiger partial charge < -0.3 is 64.0 Å². The van der Waals surface area contributed by atoms with E-state index in [0.717, 1.165) is 6.92 Å². The van der Waals surface area contributed by atoms with Crippen LogP contribution in [0.3, 0.4) is 0 Å². The van der Waals surface area contributed by atoms with E-state index in [2.05, 4.69) is 37.2 Å². The molecule has 0 fully saturated rings. The summed E-state index contributed by atoms with van der Waals surface area (Å²) in [5.41, 5.74) is 11.1. The van der Waals surface area contributed by atoms with Crippen LogP contribution in [-0.2, 0) is 43.2 Å². The van der Waals surface area contributed by atoms with Crippen LogP contribution in [0.2, 0.25) is 0 Å². The molecule has 0 heterocycles. The number of aliphatic hydroxyl groups is 2. The molecule has 0 aromatic carbocycles. The van der Waals surface area contributed by atoms with E-state index >= 15 is 0 Å². The first-order valence-electron chi connectivity index (χ1n) is 18.1. The highest BCUT2D eigenvalue weighted by Crippen LogP contribution is 2.10. The summed E-state index contributed by atoms with van der Waals surface area (Å²) >= 11 is 0. The number of primary amides is 1. The van der Waals surface area contributed by atoms with Gasteiger partial charge in [-0.15, -0.1) is 0 Å². The molecule has 0 aromatic heterocycles. The summed E-state index contributed by atoms with van der Waals surface area (Å²) in [5.74, 6) is -9.40. The molecule has 0 aliphatic rings. The maximum atomic E-state index is 13.4. The summed E-state index contributed by atoms with van der Waals surface area (Å²) in [6.45, 7) is 11.4. The molecule has 0 rings (SSSR count). The Labute approximate surface area is 320 Å². The van der Waals surface area contributed by atoms with Gasteiger partial charge in [0.25, 0.3) is 0 Å². The Bertz CT molecular complexity index is 1360. The normalized spacial score (nSPS) is 16.1. The number of hydrogen-bond acceptors (Lipinski definition) is 12. The van der Waals surface area contributed by atoms with Crippen molar-refractivity contribution in [2.24, 2.45) is 29.2 Å². The lowest BCUT2D eigenvalue weighted by molar-refractivity contribution is -0.144. The molecule has 9 atom stereocenters. The standard InChI is InChI=1S/C34H61N9O12/c1-9-17(6)26(34(54)55)42-33(53)27(19(8)45)43-32(52)23(14-44)41-30(50)21(11-16(4)5)40-31(51)22(12-24(36)46)39-28(48)18(7)38-25(47)13-37-29(49)20(35)10-15(2)3/h15-23,26-27,44-45H,9-14,35H2,1-8H3,(H2,36,46)(H,37,49)(H,38,47)(H,39,48)(H,40,51)(H,41,50)(H,42,53)(H,43,52)(H,54,55)/t17-,18-,19+,20-,21-,22-,23-,26-,27-/m0/s1. The minimum Gasteiger partial charge on any atom is -0.480 e. The molecule has 0 spiro atoms. The molecular formula is C34H61N9O12. The van der Waals surface area contributed by atoms with E-state index in [-0.39, 0.29) is 18.3 Å². The molecule has 14 N–H and O–H groups in total. The summed E-state index contributed by atoms with van der Waals surface area (Å²) in [5, 5.41) is 45.8. The number of amides is 8. The highest BCUT2D eigenvalue weighted by atomic mass is 16.4. The highest BCUT2D eigenvalue weighted by Gasteiger charge is 2.35. The summed E-state index contributed by atoms with van der Waals surface area (Å²) < 4.78 is 0. The fraction of sp³-hybridized carbons (Fsp3) is 0.735. The van der Waals surface area contributed by atoms with E-state index in [1.54, 1.807) is 27.7 Å². The van der Waals surface area contributed by atoms with Gasteiger partial charge in [0.15, 0.2) is 0 Å². The van der Waals surface area contributed by atoms with Crippen LogP contribution in [0.25, 0.3) is 0 Å². The van der Waals surface area contributed by atoms with Crippen molar-refractivity contribution in [3.63, 3.8) is 0 Å². The SMILES string of the molecule is CC[C@H](C)[C@H](NC(=O)[C@@H](NC(=O)[C@H](CO)NC(=O)[C@H](CC(C)C)NC(=O)[C@H](CC(N)=O)NC(=O)[C@H](C)NC(=O)CNC(=O)[C@@H](N)CC(C)C)[C@@H](C)O)C(=O)O. The van der Waals surface area contributed by atoms with Gasteiger partial charge in [-0.2, -0.15) is 0 Å². The third kappa shape index (κ3) is 18.8. The van der Waals surface area contributed by atoms with Crippen LogP contribution in [-0.4, -0.2) is 130 Å². The maximum absolute atomic E-state index is 13.4. The summed E-state index contributed by atoms with van der Waals surface area (Å²) in [7, 11) is 0. The van der Waals surface area contributed by atoms with E-state index in [4.69, 9.17) is 11.5 Å². The van der Waals surface area contributed by atoms with E-state index < -0.39 is 127 Å². The van der Waals surface area contributed by atoms with Crippen molar-refractivity contribution in [3.05, 3.63) is 0 Å². The Kier molecular flexibility index (Phi) is 22.3. The molecule has 21 nitrogen and oxygen atoms in total. The number of aliphatic carboxylic acids is 1. The summed E-state index contributed by atoms with van der Waals surface area (Å²) in [6, 6.07) is -9.90. The third-order valence-electron chi connectivity index (χ3n) is 8.29. The van der Waals surface area contributed by atoms with Gasteiger partial charge in [-0.25, -0.2) is 4.79 Å². The predicted octanol–water partition coefficient (Wildman–Crippen LogP) is -4.17. The van der Waals surface area contributed by atoms with Gasteiger partial charge in [0.1, 0.15) is 36.3 Å². The van der Waals surface area contributed by atoms with Crippen LogP contribution < -0.4 is 48.7 Å². The van der Waals surface area contributed by atoms with Gasteiger partial charge in [0.2, 0.25) is 47.3 Å². The average molecular weight is 788 g/mol. The fourth-order valence-corrected chi connectivity index (χ4v) is 5.01. The van der Waals surface area contributed by atoms with Crippen LogP contribution in [0.5, 0.6) is 0 Å². The zero-order valence-corrected chi connectivity index (χ0v) is 32.8. The fourth-order valence-electron chi connectivity index (χ4n) is 5.01. The second kappa shape index (κ2) is 24.5. The molecule has 0 aliphatic heterocycles. The van der Waals surface area contributed by atoms with Crippen molar-refractivity contribution in [1.29, 1.82) is 0 Å². The Morgan fingerprint density at radius 3 is 1.58 bits per heavy atom. The molecule has 0 bridgehead atoms. The smallest absolute Gasteiger partial charge is 0.326 e. The number of nitrogens with one attached hydrogen (secondary N) is 7. The largest absolute Gasteiger partial charge is 0.480 e. The topological polar surface area (TPSA) is 351 Å². The molecule has 21 heteroatoms. The van der Waals surface area contributed by atoms with Crippen LogP contribution >= 0.6 is 0 Å². The number of carboxylic acid groups (broad SMARTS) is 1. The zero-order valence-electron chi connectivity index (χ0n) is 32.8. The van der Waals surface area contributed by atoms with Crippen LogP contribution in [0.4, 0.5) is 0 Å². The van der Waals surface area contributed by atoms with Crippen molar-refractivity contribution < 1.29 is 58.5 Å². The second-order valence-corrected chi connectivity index (χ2v) is 14.3. The molecule has 0 aliphatic carbocycles. The van der Waals surface area contributed by atoms with Gasteiger partial charge in [-0.1, -0.05) is 48.0 Å². The first-order chi connectivity index (χ1) is 25.4. The van der Waals surface area contributed by atoms with E-state index in [0.29, 0.717) is 12.8 Å². The lowest BCUT2D eigenvalue weighted by Crippen LogP contribution is -2.62. The number of hydrogen-bond donors (Lipinski definition) is 12. The molecule has 55 heavy (non-hydrogen) atoms. The van der Waals surface area contributed by atoms with E-state index in [9.17, 15) is 58.5 Å². The zero-order chi connectivity index (χ0) is 42.7. The average Bonchev–Trinajstić information content (AvgIpc) is 3.08. The molecule has 0 aromatic rings.